The number of aryl methyl sites for hydroxylation is 1. The van der Waals surface area contributed by atoms with Gasteiger partial charge in [-0.2, -0.15) is 0 Å². The molecule has 7 heteroatoms. The minimum absolute atomic E-state index is 0.0851. The predicted octanol–water partition coefficient (Wildman–Crippen LogP) is 3.63. The highest BCUT2D eigenvalue weighted by Crippen LogP contribution is 2.39. The van der Waals surface area contributed by atoms with E-state index >= 15 is 0 Å². The van der Waals surface area contributed by atoms with E-state index in [4.69, 9.17) is 4.74 Å². The molecule has 0 atom stereocenters. The van der Waals surface area contributed by atoms with Crippen molar-refractivity contribution in [2.75, 3.05) is 30.3 Å². The van der Waals surface area contributed by atoms with Crippen LogP contribution in [0.2, 0.25) is 0 Å². The average molecular weight is 465 g/mol. The summed E-state index contributed by atoms with van der Waals surface area (Å²) in [6.07, 6.45) is 3.79. The standard InChI is InChI=1S/C26H29N3O3S/c1-2-32-20-13-11-19(12-14-20)28-25(31)24-21-9-6-10-22(21)33-26(24)29-23(30)17-27-16-15-18-7-4-3-5-8-18/h3-5,7-8,11-14,27H,2,6,9-10,15-17H2,1H3,(H,28,31)(H,29,30)/p+1. The Labute approximate surface area is 198 Å². The van der Waals surface area contributed by atoms with Gasteiger partial charge in [0.05, 0.1) is 18.7 Å². The van der Waals surface area contributed by atoms with Crippen LogP contribution in [0.25, 0.3) is 0 Å². The van der Waals surface area contributed by atoms with E-state index in [1.807, 2.05) is 54.7 Å². The maximum absolute atomic E-state index is 13.2. The highest BCUT2D eigenvalue weighted by Gasteiger charge is 2.27. The van der Waals surface area contributed by atoms with Gasteiger partial charge in [-0.05, 0) is 61.6 Å². The molecule has 0 spiro atoms. The minimum Gasteiger partial charge on any atom is -0.494 e. The monoisotopic (exact) mass is 464 g/mol. The van der Waals surface area contributed by atoms with E-state index < -0.39 is 0 Å². The van der Waals surface area contributed by atoms with Crippen molar-refractivity contribution in [3.8, 4) is 5.75 Å². The Morgan fingerprint density at radius 1 is 1.03 bits per heavy atom. The van der Waals surface area contributed by atoms with E-state index in [1.54, 1.807) is 0 Å². The molecule has 4 N–H and O–H groups in total. The number of fused-ring (bicyclic) bond motifs is 1. The van der Waals surface area contributed by atoms with Crippen molar-refractivity contribution in [1.82, 2.24) is 0 Å². The molecule has 2 amide bonds. The number of rotatable bonds is 10. The maximum Gasteiger partial charge on any atom is 0.280 e. The summed E-state index contributed by atoms with van der Waals surface area (Å²) in [6, 6.07) is 17.6. The Bertz CT molecular complexity index is 1090. The van der Waals surface area contributed by atoms with E-state index in [2.05, 4.69) is 22.8 Å². The number of nitrogens with one attached hydrogen (secondary N) is 2. The van der Waals surface area contributed by atoms with Crippen LogP contribution in [-0.2, 0) is 24.1 Å². The fourth-order valence-electron chi connectivity index (χ4n) is 4.05. The molecule has 4 rings (SSSR count). The Morgan fingerprint density at radius 3 is 2.58 bits per heavy atom. The summed E-state index contributed by atoms with van der Waals surface area (Å²) in [7, 11) is 0. The lowest BCUT2D eigenvalue weighted by Gasteiger charge is -2.10. The molecule has 0 saturated carbocycles. The third kappa shape index (κ3) is 6.00. The Morgan fingerprint density at radius 2 is 1.82 bits per heavy atom. The Kier molecular flexibility index (Phi) is 7.75. The van der Waals surface area contributed by atoms with Gasteiger partial charge in [-0.3, -0.25) is 9.59 Å². The third-order valence-corrected chi connectivity index (χ3v) is 6.84. The summed E-state index contributed by atoms with van der Waals surface area (Å²) in [5, 5.41) is 8.64. The number of hydrogen-bond acceptors (Lipinski definition) is 4. The second-order valence-corrected chi connectivity index (χ2v) is 9.14. The van der Waals surface area contributed by atoms with Crippen molar-refractivity contribution < 1.29 is 19.6 Å². The molecule has 1 aliphatic carbocycles. The van der Waals surface area contributed by atoms with Gasteiger partial charge < -0.3 is 20.7 Å². The van der Waals surface area contributed by atoms with Crippen LogP contribution in [0, 0.1) is 0 Å². The summed E-state index contributed by atoms with van der Waals surface area (Å²) >= 11 is 1.53. The normalized spacial score (nSPS) is 12.3. The molecule has 1 heterocycles. The molecule has 0 unspecified atom stereocenters. The summed E-state index contributed by atoms with van der Waals surface area (Å²) in [4.78, 5) is 27.0. The second-order valence-electron chi connectivity index (χ2n) is 8.04. The molecule has 0 aliphatic heterocycles. The average Bonchev–Trinajstić information content (AvgIpc) is 3.40. The van der Waals surface area contributed by atoms with Crippen molar-refractivity contribution in [2.45, 2.75) is 32.6 Å². The van der Waals surface area contributed by atoms with Crippen molar-refractivity contribution >= 4 is 33.8 Å². The van der Waals surface area contributed by atoms with E-state index in [-0.39, 0.29) is 11.8 Å². The summed E-state index contributed by atoms with van der Waals surface area (Å²) in [6.45, 7) is 3.70. The Balaban J connectivity index is 1.37. The molecule has 172 valence electrons. The van der Waals surface area contributed by atoms with Gasteiger partial charge in [0, 0.05) is 17.0 Å². The van der Waals surface area contributed by atoms with Gasteiger partial charge in [-0.1, -0.05) is 30.3 Å². The first kappa shape index (κ1) is 23.0. The van der Waals surface area contributed by atoms with Crippen molar-refractivity contribution in [2.24, 2.45) is 0 Å². The van der Waals surface area contributed by atoms with Crippen molar-refractivity contribution in [1.29, 1.82) is 0 Å². The first-order valence-electron chi connectivity index (χ1n) is 11.5. The smallest absolute Gasteiger partial charge is 0.280 e. The summed E-state index contributed by atoms with van der Waals surface area (Å²) in [5.41, 5.74) is 3.65. The number of benzene rings is 2. The highest BCUT2D eigenvalue weighted by atomic mass is 32.1. The van der Waals surface area contributed by atoms with Gasteiger partial charge in [0.15, 0.2) is 6.54 Å². The first-order chi connectivity index (χ1) is 16.1. The molecular formula is C26H30N3O3S+. The van der Waals surface area contributed by atoms with Crippen LogP contribution in [0.1, 0.15) is 39.7 Å². The number of carbonyl (C=O) groups is 2. The number of anilines is 2. The van der Waals surface area contributed by atoms with E-state index in [1.165, 1.54) is 21.8 Å². The van der Waals surface area contributed by atoms with Gasteiger partial charge in [-0.15, -0.1) is 11.3 Å². The van der Waals surface area contributed by atoms with Gasteiger partial charge in [0.1, 0.15) is 10.8 Å². The molecule has 1 aromatic heterocycles. The van der Waals surface area contributed by atoms with Crippen LogP contribution in [0.4, 0.5) is 10.7 Å². The highest BCUT2D eigenvalue weighted by molar-refractivity contribution is 7.17. The van der Waals surface area contributed by atoms with Crippen LogP contribution in [-0.4, -0.2) is 31.5 Å². The maximum atomic E-state index is 13.2. The molecule has 0 radical (unpaired) electrons. The Hall–Kier alpha value is -3.16. The van der Waals surface area contributed by atoms with Gasteiger partial charge in [-0.25, -0.2) is 0 Å². The fourth-order valence-corrected chi connectivity index (χ4v) is 5.35. The zero-order chi connectivity index (χ0) is 23.0. The number of hydrogen-bond donors (Lipinski definition) is 3. The number of ether oxygens (including phenoxy) is 1. The van der Waals surface area contributed by atoms with Gasteiger partial charge in [0.2, 0.25) is 0 Å². The number of thiophene rings is 1. The third-order valence-electron chi connectivity index (χ3n) is 5.63. The van der Waals surface area contributed by atoms with E-state index in [0.29, 0.717) is 29.4 Å². The predicted molar refractivity (Wildman–Crippen MR) is 132 cm³/mol. The van der Waals surface area contributed by atoms with E-state index in [9.17, 15) is 9.59 Å². The summed E-state index contributed by atoms with van der Waals surface area (Å²) < 4.78 is 5.47. The molecule has 3 aromatic rings. The van der Waals surface area contributed by atoms with Crippen LogP contribution in [0.3, 0.4) is 0 Å². The number of quaternary nitrogens is 1. The number of amides is 2. The molecule has 0 bridgehead atoms. The molecule has 0 fully saturated rings. The van der Waals surface area contributed by atoms with Crippen molar-refractivity contribution in [3.63, 3.8) is 0 Å². The summed E-state index contributed by atoms with van der Waals surface area (Å²) in [5.74, 6) is 0.503. The lowest BCUT2D eigenvalue weighted by molar-refractivity contribution is -0.643. The van der Waals surface area contributed by atoms with E-state index in [0.717, 1.165) is 43.5 Å². The van der Waals surface area contributed by atoms with Crippen LogP contribution < -0.4 is 20.7 Å². The molecule has 0 saturated heterocycles. The molecular weight excluding hydrogens is 434 g/mol. The zero-order valence-electron chi connectivity index (χ0n) is 18.9. The van der Waals surface area contributed by atoms with Crippen LogP contribution in [0.15, 0.2) is 54.6 Å². The lowest BCUT2D eigenvalue weighted by atomic mass is 10.1. The number of carbonyl (C=O) groups excluding carboxylic acids is 2. The number of nitrogens with two attached hydrogens (primary N) is 1. The molecule has 2 aromatic carbocycles. The second kappa shape index (κ2) is 11.1. The fraction of sp³-hybridized carbons (Fsp3) is 0.308. The van der Waals surface area contributed by atoms with Crippen LogP contribution >= 0.6 is 11.3 Å². The molecule has 6 nitrogen and oxygen atoms in total. The molecule has 1 aliphatic rings. The zero-order valence-corrected chi connectivity index (χ0v) is 19.7. The topological polar surface area (TPSA) is 84.0 Å². The van der Waals surface area contributed by atoms with Crippen LogP contribution in [0.5, 0.6) is 5.75 Å². The van der Waals surface area contributed by atoms with Gasteiger partial charge >= 0.3 is 0 Å². The largest absolute Gasteiger partial charge is 0.494 e. The van der Waals surface area contributed by atoms with Gasteiger partial charge in [0.25, 0.3) is 11.8 Å². The SMILES string of the molecule is CCOc1ccc(NC(=O)c2c(NC(=O)C[NH2+]CCc3ccccc3)sc3c2CCC3)cc1. The van der Waals surface area contributed by atoms with Crippen molar-refractivity contribution in [3.05, 3.63) is 76.2 Å². The first-order valence-corrected chi connectivity index (χ1v) is 12.3. The quantitative estimate of drug-likeness (QED) is 0.401. The minimum atomic E-state index is -0.179. The lowest BCUT2D eigenvalue weighted by Crippen LogP contribution is -2.86. The molecule has 33 heavy (non-hydrogen) atoms.